The van der Waals surface area contributed by atoms with Gasteiger partial charge in [-0.05, 0) is 30.0 Å². The molecule has 0 spiro atoms. The fourth-order valence-corrected chi connectivity index (χ4v) is 6.05. The molecular weight excluding hydrogens is 333 g/mol. The molecule has 2 unspecified atom stereocenters. The highest BCUT2D eigenvalue weighted by atomic mass is 35.5. The van der Waals surface area contributed by atoms with Crippen LogP contribution in [0.5, 0.6) is 0 Å². The van der Waals surface area contributed by atoms with Crippen molar-refractivity contribution >= 4 is 44.6 Å². The first kappa shape index (κ1) is 15.1. The Bertz CT molecular complexity index is 702. The third kappa shape index (κ3) is 2.79. The summed E-state index contributed by atoms with van der Waals surface area (Å²) in [5.41, 5.74) is 2.10. The number of benzene rings is 1. The molecule has 114 valence electrons. The van der Waals surface area contributed by atoms with Crippen molar-refractivity contribution in [1.29, 1.82) is 0 Å². The van der Waals surface area contributed by atoms with Gasteiger partial charge in [0, 0.05) is 10.7 Å². The van der Waals surface area contributed by atoms with Crippen LogP contribution in [0.15, 0.2) is 12.1 Å². The van der Waals surface area contributed by atoms with E-state index in [-0.39, 0.29) is 18.1 Å². The smallest absolute Gasteiger partial charge is 0.228 e. The van der Waals surface area contributed by atoms with Crippen LogP contribution in [0.2, 0.25) is 5.02 Å². The number of nitrogens with one attached hydrogen (secondary N) is 1. The van der Waals surface area contributed by atoms with Crippen molar-refractivity contribution in [3.05, 3.63) is 28.3 Å². The monoisotopic (exact) mass is 347 g/mol. The molecule has 1 saturated heterocycles. The second-order valence-electron chi connectivity index (χ2n) is 5.56. The van der Waals surface area contributed by atoms with Gasteiger partial charge in [-0.15, -0.1) is 11.6 Å². The number of sulfone groups is 1. The molecule has 4 nitrogen and oxygen atoms in total. The lowest BCUT2D eigenvalue weighted by Crippen LogP contribution is -2.32. The lowest BCUT2D eigenvalue weighted by molar-refractivity contribution is -0.115. The summed E-state index contributed by atoms with van der Waals surface area (Å²) in [4.78, 5) is 11.4. The van der Waals surface area contributed by atoms with Crippen molar-refractivity contribution < 1.29 is 13.2 Å². The number of carbonyl (C=O) groups is 1. The van der Waals surface area contributed by atoms with Gasteiger partial charge < -0.3 is 5.32 Å². The zero-order chi connectivity index (χ0) is 15.2. The number of halogens is 2. The van der Waals surface area contributed by atoms with E-state index in [0.29, 0.717) is 29.1 Å². The summed E-state index contributed by atoms with van der Waals surface area (Å²) in [6, 6.07) is 3.42. The van der Waals surface area contributed by atoms with Gasteiger partial charge in [0.2, 0.25) is 5.91 Å². The molecule has 1 N–H and O–H groups in total. The molecule has 2 aliphatic heterocycles. The fourth-order valence-electron chi connectivity index (χ4n) is 2.99. The number of carbonyl (C=O) groups excluding carboxylic acids is 1. The topological polar surface area (TPSA) is 63.2 Å². The van der Waals surface area contributed by atoms with Gasteiger partial charge in [-0.3, -0.25) is 4.79 Å². The van der Waals surface area contributed by atoms with E-state index in [4.69, 9.17) is 23.2 Å². The SMILES string of the molecule is O=C1Cc2cc(C(Cl)C3CCCCS3(=O)=O)c(Cl)cc2N1. The lowest BCUT2D eigenvalue weighted by atomic mass is 10.0. The summed E-state index contributed by atoms with van der Waals surface area (Å²) >= 11 is 12.7. The van der Waals surface area contributed by atoms with Crippen LogP contribution in [-0.2, 0) is 21.1 Å². The summed E-state index contributed by atoms with van der Waals surface area (Å²) in [7, 11) is -3.19. The third-order valence-corrected chi connectivity index (χ3v) is 7.40. The molecule has 0 radical (unpaired) electrons. The van der Waals surface area contributed by atoms with Gasteiger partial charge in [0.15, 0.2) is 9.84 Å². The highest BCUT2D eigenvalue weighted by Crippen LogP contribution is 2.41. The number of amides is 1. The van der Waals surface area contributed by atoms with E-state index in [1.54, 1.807) is 12.1 Å². The minimum atomic E-state index is -3.19. The van der Waals surface area contributed by atoms with Crippen LogP contribution in [0.1, 0.15) is 35.8 Å². The standard InChI is InChI=1S/C14H15Cl2NO3S/c15-10-7-11-8(6-13(18)17-11)5-9(10)14(16)12-3-1-2-4-21(12,19)20/h5,7,12,14H,1-4,6H2,(H,17,18). The van der Waals surface area contributed by atoms with Crippen molar-refractivity contribution in [1.82, 2.24) is 0 Å². The molecule has 2 atom stereocenters. The second kappa shape index (κ2) is 5.45. The molecular formula is C14H15Cl2NO3S. The van der Waals surface area contributed by atoms with Gasteiger partial charge in [-0.25, -0.2) is 8.42 Å². The van der Waals surface area contributed by atoms with Crippen molar-refractivity contribution in [2.24, 2.45) is 0 Å². The normalized spacial score (nSPS) is 25.2. The van der Waals surface area contributed by atoms with E-state index in [0.717, 1.165) is 12.0 Å². The first-order valence-electron chi connectivity index (χ1n) is 6.86. The largest absolute Gasteiger partial charge is 0.325 e. The molecule has 3 rings (SSSR count). The van der Waals surface area contributed by atoms with Gasteiger partial charge >= 0.3 is 0 Å². The molecule has 2 aliphatic rings. The number of fused-ring (bicyclic) bond motifs is 1. The fraction of sp³-hybridized carbons (Fsp3) is 0.500. The minimum absolute atomic E-state index is 0.0883. The number of rotatable bonds is 2. The Kier molecular flexibility index (Phi) is 3.93. The third-order valence-electron chi connectivity index (χ3n) is 4.10. The van der Waals surface area contributed by atoms with E-state index in [9.17, 15) is 13.2 Å². The van der Waals surface area contributed by atoms with Crippen molar-refractivity contribution in [2.75, 3.05) is 11.1 Å². The average molecular weight is 348 g/mol. The Morgan fingerprint density at radius 2 is 2.05 bits per heavy atom. The summed E-state index contributed by atoms with van der Waals surface area (Å²) in [6.45, 7) is 0. The van der Waals surface area contributed by atoms with Gasteiger partial charge in [0.25, 0.3) is 0 Å². The maximum atomic E-state index is 12.2. The van der Waals surface area contributed by atoms with Crippen LogP contribution in [0, 0.1) is 0 Å². The molecule has 0 aromatic heterocycles. The van der Waals surface area contributed by atoms with Gasteiger partial charge in [-0.2, -0.15) is 0 Å². The molecule has 2 heterocycles. The highest BCUT2D eigenvalue weighted by Gasteiger charge is 2.36. The number of anilines is 1. The Balaban J connectivity index is 1.97. The van der Waals surface area contributed by atoms with Crippen LogP contribution >= 0.6 is 23.2 Å². The summed E-state index contributed by atoms with van der Waals surface area (Å²) in [5, 5.41) is 1.83. The highest BCUT2D eigenvalue weighted by molar-refractivity contribution is 7.92. The predicted molar refractivity (Wildman–Crippen MR) is 83.8 cm³/mol. The summed E-state index contributed by atoms with van der Waals surface area (Å²) in [5.74, 6) is 0.0957. The number of alkyl halides is 1. The van der Waals surface area contributed by atoms with Gasteiger partial charge in [0.1, 0.15) is 0 Å². The second-order valence-corrected chi connectivity index (χ2v) is 8.78. The number of hydrogen-bond donors (Lipinski definition) is 1. The van der Waals surface area contributed by atoms with Crippen LogP contribution in [0.3, 0.4) is 0 Å². The molecule has 0 saturated carbocycles. The average Bonchev–Trinajstić information content (AvgIpc) is 2.75. The molecule has 1 fully saturated rings. The van der Waals surface area contributed by atoms with E-state index >= 15 is 0 Å². The maximum Gasteiger partial charge on any atom is 0.228 e. The molecule has 1 amide bonds. The van der Waals surface area contributed by atoms with E-state index in [2.05, 4.69) is 5.32 Å². The van der Waals surface area contributed by atoms with Crippen LogP contribution in [-0.4, -0.2) is 25.3 Å². The van der Waals surface area contributed by atoms with Gasteiger partial charge in [-0.1, -0.05) is 24.1 Å². The molecule has 1 aromatic carbocycles. The Labute approximate surface area is 133 Å². The molecule has 0 bridgehead atoms. The summed E-state index contributed by atoms with van der Waals surface area (Å²) < 4.78 is 24.4. The first-order valence-corrected chi connectivity index (χ1v) is 9.39. The Morgan fingerprint density at radius 3 is 2.76 bits per heavy atom. The Hall–Kier alpha value is -0.780. The van der Waals surface area contributed by atoms with E-state index < -0.39 is 20.5 Å². The molecule has 0 aliphatic carbocycles. The zero-order valence-corrected chi connectivity index (χ0v) is 13.6. The predicted octanol–water partition coefficient (Wildman–Crippen LogP) is 3.08. The Morgan fingerprint density at radius 1 is 1.29 bits per heavy atom. The van der Waals surface area contributed by atoms with Gasteiger partial charge in [0.05, 0.1) is 22.8 Å². The maximum absolute atomic E-state index is 12.2. The minimum Gasteiger partial charge on any atom is -0.325 e. The lowest BCUT2D eigenvalue weighted by Gasteiger charge is -2.27. The molecule has 1 aromatic rings. The van der Waals surface area contributed by atoms with Crippen molar-refractivity contribution in [3.63, 3.8) is 0 Å². The van der Waals surface area contributed by atoms with Crippen LogP contribution < -0.4 is 5.32 Å². The van der Waals surface area contributed by atoms with Crippen molar-refractivity contribution in [3.8, 4) is 0 Å². The van der Waals surface area contributed by atoms with Crippen LogP contribution in [0.4, 0.5) is 5.69 Å². The zero-order valence-electron chi connectivity index (χ0n) is 11.2. The molecule has 7 heteroatoms. The molecule has 21 heavy (non-hydrogen) atoms. The number of hydrogen-bond acceptors (Lipinski definition) is 3. The quantitative estimate of drug-likeness (QED) is 0.836. The van der Waals surface area contributed by atoms with E-state index in [1.165, 1.54) is 0 Å². The van der Waals surface area contributed by atoms with E-state index in [1.807, 2.05) is 0 Å². The first-order chi connectivity index (χ1) is 9.88. The van der Waals surface area contributed by atoms with Crippen molar-refractivity contribution in [2.45, 2.75) is 36.3 Å². The van der Waals surface area contributed by atoms with Crippen LogP contribution in [0.25, 0.3) is 0 Å². The summed E-state index contributed by atoms with van der Waals surface area (Å²) in [6.07, 6.45) is 2.39.